The lowest BCUT2D eigenvalue weighted by Gasteiger charge is -2.45. The van der Waals surface area contributed by atoms with Crippen LogP contribution in [0.15, 0.2) is 60.7 Å². The number of nitrogens with two attached hydrogens (primary N) is 1. The van der Waals surface area contributed by atoms with Gasteiger partial charge in [0.25, 0.3) is 5.91 Å². The summed E-state index contributed by atoms with van der Waals surface area (Å²) in [4.78, 5) is 31.0. The highest BCUT2D eigenvalue weighted by Gasteiger charge is 2.44. The Bertz CT molecular complexity index is 1470. The van der Waals surface area contributed by atoms with Crippen LogP contribution in [0.4, 0.5) is 0 Å². The highest BCUT2D eigenvalue weighted by Crippen LogP contribution is 2.42. The van der Waals surface area contributed by atoms with Gasteiger partial charge >= 0.3 is 0 Å². The van der Waals surface area contributed by atoms with Gasteiger partial charge in [-0.25, -0.2) is 0 Å². The molecule has 2 amide bonds. The molecule has 2 N–H and O–H groups in total. The quantitative estimate of drug-likeness (QED) is 0.257. The van der Waals surface area contributed by atoms with Crippen molar-refractivity contribution >= 4 is 35.0 Å². The number of likely N-dealkylation sites (N-methyl/N-ethyl adjacent to an activating group) is 1. The number of amides is 2. The summed E-state index contributed by atoms with van der Waals surface area (Å²) in [7, 11) is 7.87. The standard InChI is InChI=1S/C34H41Cl2N3O6/c1-38(31(40)23-19-28(43-3)30(45-5)29(20-23)44-4)34(22-42-2,25-11-12-26(35)27(36)21-25)15-18-39-16-13-33(14-17-39,32(37)41)24-9-7-6-8-10-24/h6-12,19-21H,13-18,22H2,1-5H3,(H2,37,41). The number of benzene rings is 3. The summed E-state index contributed by atoms with van der Waals surface area (Å²) in [5.41, 5.74) is 6.38. The highest BCUT2D eigenvalue weighted by atomic mass is 35.5. The molecule has 242 valence electrons. The van der Waals surface area contributed by atoms with E-state index in [1.54, 1.807) is 43.3 Å². The van der Waals surface area contributed by atoms with Gasteiger partial charge in [-0.15, -0.1) is 0 Å². The number of ether oxygens (including phenoxy) is 4. The fourth-order valence-corrected chi connectivity index (χ4v) is 6.61. The molecule has 0 bridgehead atoms. The zero-order valence-corrected chi connectivity index (χ0v) is 27.9. The summed E-state index contributed by atoms with van der Waals surface area (Å²) in [5, 5.41) is 0.778. The molecular formula is C34H41Cl2N3O6. The average molecular weight is 659 g/mol. The Hall–Kier alpha value is -3.50. The number of carbonyl (C=O) groups is 2. The molecule has 3 aromatic rings. The van der Waals surface area contributed by atoms with Crippen molar-refractivity contribution in [1.29, 1.82) is 0 Å². The predicted molar refractivity (Wildman–Crippen MR) is 176 cm³/mol. The van der Waals surface area contributed by atoms with Crippen LogP contribution in [-0.2, 0) is 20.5 Å². The van der Waals surface area contributed by atoms with Crippen LogP contribution in [0.5, 0.6) is 17.2 Å². The second kappa shape index (κ2) is 14.7. The third-order valence-electron chi connectivity index (χ3n) is 9.05. The monoisotopic (exact) mass is 657 g/mol. The minimum atomic E-state index is -0.946. The molecule has 1 fully saturated rings. The molecule has 9 nitrogen and oxygen atoms in total. The van der Waals surface area contributed by atoms with E-state index in [9.17, 15) is 9.59 Å². The van der Waals surface area contributed by atoms with Crippen LogP contribution in [0.1, 0.15) is 40.7 Å². The highest BCUT2D eigenvalue weighted by molar-refractivity contribution is 6.42. The molecule has 3 aromatic carbocycles. The van der Waals surface area contributed by atoms with Crippen molar-refractivity contribution in [2.24, 2.45) is 5.73 Å². The maximum Gasteiger partial charge on any atom is 0.254 e. The van der Waals surface area contributed by atoms with Crippen LogP contribution in [-0.4, -0.2) is 83.3 Å². The molecule has 1 unspecified atom stereocenters. The van der Waals surface area contributed by atoms with E-state index in [4.69, 9.17) is 47.9 Å². The van der Waals surface area contributed by atoms with Gasteiger partial charge in [-0.2, -0.15) is 0 Å². The molecule has 0 radical (unpaired) electrons. The fourth-order valence-electron chi connectivity index (χ4n) is 6.31. The first-order valence-corrected chi connectivity index (χ1v) is 15.4. The first-order chi connectivity index (χ1) is 21.6. The zero-order valence-electron chi connectivity index (χ0n) is 26.4. The molecule has 1 aliphatic rings. The Labute approximate surface area is 275 Å². The number of likely N-dealkylation sites (tertiary alicyclic amines) is 1. The number of primary amides is 1. The summed E-state index contributed by atoms with van der Waals surface area (Å²) in [6.07, 6.45) is 1.69. The van der Waals surface area contributed by atoms with Gasteiger partial charge in [0.1, 0.15) is 0 Å². The van der Waals surface area contributed by atoms with Crippen LogP contribution >= 0.6 is 23.2 Å². The van der Waals surface area contributed by atoms with E-state index in [-0.39, 0.29) is 18.4 Å². The normalized spacial score (nSPS) is 16.0. The third kappa shape index (κ3) is 6.87. The van der Waals surface area contributed by atoms with E-state index in [2.05, 4.69) is 4.90 Å². The number of rotatable bonds is 13. The maximum absolute atomic E-state index is 14.3. The van der Waals surface area contributed by atoms with E-state index in [1.807, 2.05) is 36.4 Å². The number of methoxy groups -OCH3 is 4. The first-order valence-electron chi connectivity index (χ1n) is 14.7. The van der Waals surface area contributed by atoms with Crippen molar-refractivity contribution in [2.75, 3.05) is 61.7 Å². The van der Waals surface area contributed by atoms with E-state index < -0.39 is 11.0 Å². The first kappa shape index (κ1) is 34.4. The summed E-state index contributed by atoms with van der Waals surface area (Å²) in [6.45, 7) is 2.11. The molecule has 1 aliphatic heterocycles. The van der Waals surface area contributed by atoms with Crippen molar-refractivity contribution < 1.29 is 28.5 Å². The van der Waals surface area contributed by atoms with Crippen molar-refractivity contribution in [3.8, 4) is 17.2 Å². The van der Waals surface area contributed by atoms with Gasteiger partial charge < -0.3 is 34.5 Å². The molecule has 11 heteroatoms. The Kier molecular flexibility index (Phi) is 11.3. The van der Waals surface area contributed by atoms with Crippen LogP contribution in [0.2, 0.25) is 10.0 Å². The van der Waals surface area contributed by atoms with Crippen molar-refractivity contribution in [2.45, 2.75) is 30.2 Å². The Balaban J connectivity index is 1.68. The molecule has 1 heterocycles. The second-order valence-corrected chi connectivity index (χ2v) is 12.1. The molecular weight excluding hydrogens is 617 g/mol. The minimum absolute atomic E-state index is 0.181. The van der Waals surface area contributed by atoms with Gasteiger partial charge in [0, 0.05) is 26.3 Å². The lowest BCUT2D eigenvalue weighted by molar-refractivity contribution is -0.125. The number of carbonyl (C=O) groups excluding carboxylic acids is 2. The second-order valence-electron chi connectivity index (χ2n) is 11.3. The number of hydrogen-bond donors (Lipinski definition) is 1. The average Bonchev–Trinajstić information content (AvgIpc) is 3.07. The minimum Gasteiger partial charge on any atom is -0.493 e. The number of nitrogens with zero attached hydrogens (tertiary/aromatic N) is 2. The van der Waals surface area contributed by atoms with Crippen molar-refractivity contribution in [1.82, 2.24) is 9.80 Å². The lowest BCUT2D eigenvalue weighted by Crippen LogP contribution is -2.54. The Morgan fingerprint density at radius 1 is 0.911 bits per heavy atom. The van der Waals surface area contributed by atoms with E-state index >= 15 is 0 Å². The molecule has 4 rings (SSSR count). The lowest BCUT2D eigenvalue weighted by atomic mass is 9.72. The smallest absolute Gasteiger partial charge is 0.254 e. The van der Waals surface area contributed by atoms with Gasteiger partial charge in [-0.1, -0.05) is 59.6 Å². The molecule has 1 saturated heterocycles. The molecule has 0 spiro atoms. The van der Waals surface area contributed by atoms with Gasteiger partial charge in [0.2, 0.25) is 11.7 Å². The molecule has 45 heavy (non-hydrogen) atoms. The van der Waals surface area contributed by atoms with Crippen LogP contribution in [0.3, 0.4) is 0 Å². The van der Waals surface area contributed by atoms with Gasteiger partial charge in [0.05, 0.1) is 48.9 Å². The Morgan fingerprint density at radius 3 is 2.04 bits per heavy atom. The molecule has 1 atom stereocenters. The van der Waals surface area contributed by atoms with E-state index in [0.717, 1.165) is 11.1 Å². The fraction of sp³-hybridized carbons (Fsp3) is 0.412. The number of halogens is 2. The van der Waals surface area contributed by atoms with Gasteiger partial charge in [-0.05, 0) is 67.7 Å². The van der Waals surface area contributed by atoms with Crippen LogP contribution < -0.4 is 19.9 Å². The summed E-state index contributed by atoms with van der Waals surface area (Å²) in [6, 6.07) is 18.4. The van der Waals surface area contributed by atoms with Crippen molar-refractivity contribution in [3.05, 3.63) is 87.4 Å². The summed E-state index contributed by atoms with van der Waals surface area (Å²) >= 11 is 12.8. The largest absolute Gasteiger partial charge is 0.493 e. The zero-order chi connectivity index (χ0) is 32.8. The molecule has 0 saturated carbocycles. The van der Waals surface area contributed by atoms with Crippen LogP contribution in [0, 0.1) is 0 Å². The van der Waals surface area contributed by atoms with Crippen LogP contribution in [0.25, 0.3) is 0 Å². The number of piperidine rings is 1. The summed E-state index contributed by atoms with van der Waals surface area (Å²) in [5.74, 6) is 0.524. The van der Waals surface area contributed by atoms with E-state index in [1.165, 1.54) is 21.3 Å². The van der Waals surface area contributed by atoms with Gasteiger partial charge in [0.15, 0.2) is 11.5 Å². The van der Waals surface area contributed by atoms with Crippen molar-refractivity contribution in [3.63, 3.8) is 0 Å². The Morgan fingerprint density at radius 2 is 1.53 bits per heavy atom. The van der Waals surface area contributed by atoms with Gasteiger partial charge in [-0.3, -0.25) is 9.59 Å². The van der Waals surface area contributed by atoms with E-state index in [0.29, 0.717) is 71.8 Å². The predicted octanol–water partition coefficient (Wildman–Crippen LogP) is 5.54. The summed E-state index contributed by atoms with van der Waals surface area (Å²) < 4.78 is 22.3. The SMILES string of the molecule is COCC(CCN1CCC(C(N)=O)(c2ccccc2)CC1)(c1ccc(Cl)c(Cl)c1)N(C)C(=O)c1cc(OC)c(OC)c(OC)c1. The molecule has 0 aromatic heterocycles. The topological polar surface area (TPSA) is 104 Å². The molecule has 0 aliphatic carbocycles. The maximum atomic E-state index is 14.3. The third-order valence-corrected chi connectivity index (χ3v) is 9.79. The number of hydrogen-bond acceptors (Lipinski definition) is 7.